The van der Waals surface area contributed by atoms with Crippen LogP contribution in [0.5, 0.6) is 0 Å². The lowest BCUT2D eigenvalue weighted by Gasteiger charge is -2.22. The van der Waals surface area contributed by atoms with Gasteiger partial charge in [-0.1, -0.05) is 38.1 Å². The lowest BCUT2D eigenvalue weighted by atomic mass is 9.81. The number of benzene rings is 1. The van der Waals surface area contributed by atoms with Gasteiger partial charge in [-0.25, -0.2) is 4.79 Å². The molecule has 0 fully saturated rings. The summed E-state index contributed by atoms with van der Waals surface area (Å²) in [6.07, 6.45) is 3.02. The van der Waals surface area contributed by atoms with Crippen molar-refractivity contribution in [2.75, 3.05) is 6.61 Å². The molecule has 25 heavy (non-hydrogen) atoms. The number of esters is 1. The first kappa shape index (κ1) is 17.5. The summed E-state index contributed by atoms with van der Waals surface area (Å²) in [5.41, 5.74) is 5.17. The van der Waals surface area contributed by atoms with Crippen LogP contribution in [0.1, 0.15) is 75.8 Å². The van der Waals surface area contributed by atoms with Crippen LogP contribution in [-0.2, 0) is 17.6 Å². The Kier molecular flexibility index (Phi) is 5.07. The molecule has 3 rings (SSSR count). The molecule has 0 radical (unpaired) electrons. The Morgan fingerprint density at radius 2 is 1.92 bits per heavy atom. The van der Waals surface area contributed by atoms with E-state index in [-0.39, 0.29) is 17.7 Å². The van der Waals surface area contributed by atoms with Gasteiger partial charge in [-0.3, -0.25) is 4.79 Å². The van der Waals surface area contributed by atoms with Crippen molar-refractivity contribution in [2.45, 2.75) is 52.4 Å². The molecule has 4 nitrogen and oxygen atoms in total. The quantitative estimate of drug-likeness (QED) is 0.823. The number of ether oxygens (including phenoxy) is 1. The molecule has 132 valence electrons. The van der Waals surface area contributed by atoms with Crippen molar-refractivity contribution in [3.63, 3.8) is 0 Å². The molecule has 0 amide bonds. The number of carbonyl (C=O) groups excluding carboxylic acids is 2. The molecule has 0 aliphatic heterocycles. The molecule has 1 aliphatic carbocycles. The second-order valence-corrected chi connectivity index (χ2v) is 6.74. The zero-order valence-electron chi connectivity index (χ0n) is 15.1. The van der Waals surface area contributed by atoms with Crippen molar-refractivity contribution in [3.8, 4) is 0 Å². The Morgan fingerprint density at radius 1 is 1.20 bits per heavy atom. The summed E-state index contributed by atoms with van der Waals surface area (Å²) in [5.74, 6) is -0.108. The number of aromatic nitrogens is 1. The molecule has 1 aliphatic rings. The van der Waals surface area contributed by atoms with E-state index in [1.165, 1.54) is 11.1 Å². The number of aryl methyl sites for hydroxylation is 1. The van der Waals surface area contributed by atoms with E-state index in [0.29, 0.717) is 24.3 Å². The Balaban J connectivity index is 1.87. The highest BCUT2D eigenvalue weighted by Crippen LogP contribution is 2.35. The molecular formula is C21H25NO3. The number of fused-ring (bicyclic) bond motifs is 1. The van der Waals surface area contributed by atoms with Crippen molar-refractivity contribution in [2.24, 2.45) is 0 Å². The van der Waals surface area contributed by atoms with Gasteiger partial charge in [0, 0.05) is 17.7 Å². The lowest BCUT2D eigenvalue weighted by molar-refractivity contribution is 0.0498. The molecule has 1 aromatic heterocycles. The Labute approximate surface area is 148 Å². The van der Waals surface area contributed by atoms with E-state index in [0.717, 1.165) is 30.5 Å². The third-order valence-electron chi connectivity index (χ3n) is 4.99. The van der Waals surface area contributed by atoms with Crippen molar-refractivity contribution >= 4 is 11.8 Å². The second kappa shape index (κ2) is 7.26. The zero-order chi connectivity index (χ0) is 18.0. The number of aromatic amines is 1. The zero-order valence-corrected chi connectivity index (χ0v) is 15.1. The summed E-state index contributed by atoms with van der Waals surface area (Å²) >= 11 is 0. The van der Waals surface area contributed by atoms with Gasteiger partial charge in [0.05, 0.1) is 6.61 Å². The maximum absolute atomic E-state index is 12.7. The van der Waals surface area contributed by atoms with Crippen LogP contribution in [0.25, 0.3) is 0 Å². The van der Waals surface area contributed by atoms with Gasteiger partial charge in [0.1, 0.15) is 5.69 Å². The number of rotatable bonds is 5. The maximum atomic E-state index is 12.7. The van der Waals surface area contributed by atoms with Crippen LogP contribution in [0.2, 0.25) is 0 Å². The van der Waals surface area contributed by atoms with E-state index in [4.69, 9.17) is 4.74 Å². The van der Waals surface area contributed by atoms with Gasteiger partial charge in [-0.15, -0.1) is 0 Å². The Bertz CT molecular complexity index is 786. The monoisotopic (exact) mass is 339 g/mol. The topological polar surface area (TPSA) is 59.2 Å². The van der Waals surface area contributed by atoms with Crippen LogP contribution >= 0.6 is 0 Å². The number of hydrogen-bond acceptors (Lipinski definition) is 3. The highest BCUT2D eigenvalue weighted by molar-refractivity contribution is 6.03. The first-order chi connectivity index (χ1) is 12.0. The number of ketones is 1. The van der Waals surface area contributed by atoms with Gasteiger partial charge in [-0.2, -0.15) is 0 Å². The predicted molar refractivity (Wildman–Crippen MR) is 97.3 cm³/mol. The largest absolute Gasteiger partial charge is 0.461 e. The minimum Gasteiger partial charge on any atom is -0.461 e. The summed E-state index contributed by atoms with van der Waals surface area (Å²) in [5, 5.41) is 0. The number of nitrogens with one attached hydrogen (secondary N) is 1. The summed E-state index contributed by atoms with van der Waals surface area (Å²) in [6.45, 7) is 6.30. The molecule has 0 spiro atoms. The first-order valence-corrected chi connectivity index (χ1v) is 9.05. The SMILES string of the molecule is CCCOC(=O)c1[nH]c2c(c1C)C(=O)C[C@@H](c1ccc(CC)cc1)C2. The van der Waals surface area contributed by atoms with Crippen LogP contribution in [0.4, 0.5) is 0 Å². The molecule has 2 aromatic rings. The fourth-order valence-corrected chi connectivity index (χ4v) is 3.57. The van der Waals surface area contributed by atoms with Gasteiger partial charge in [0.2, 0.25) is 0 Å². The normalized spacial score (nSPS) is 16.6. The standard InChI is InChI=1S/C21H25NO3/c1-4-10-25-21(24)20-13(3)19-17(22-20)11-16(12-18(19)23)15-8-6-14(5-2)7-9-15/h6-9,16,22H,4-5,10-12H2,1-3H3/t16-/m0/s1. The first-order valence-electron chi connectivity index (χ1n) is 9.05. The van der Waals surface area contributed by atoms with E-state index in [1.807, 2.05) is 13.8 Å². The number of H-pyrrole nitrogens is 1. The van der Waals surface area contributed by atoms with Crippen LogP contribution < -0.4 is 0 Å². The summed E-state index contributed by atoms with van der Waals surface area (Å²) in [7, 11) is 0. The van der Waals surface area contributed by atoms with E-state index >= 15 is 0 Å². The smallest absolute Gasteiger partial charge is 0.355 e. The average molecular weight is 339 g/mol. The lowest BCUT2D eigenvalue weighted by Crippen LogP contribution is -2.18. The van der Waals surface area contributed by atoms with Crippen molar-refractivity contribution in [1.82, 2.24) is 4.98 Å². The second-order valence-electron chi connectivity index (χ2n) is 6.74. The highest BCUT2D eigenvalue weighted by atomic mass is 16.5. The van der Waals surface area contributed by atoms with Gasteiger partial charge in [0.25, 0.3) is 0 Å². The van der Waals surface area contributed by atoms with Gasteiger partial charge in [0.15, 0.2) is 5.78 Å². The average Bonchev–Trinajstić information content (AvgIpc) is 2.97. The summed E-state index contributed by atoms with van der Waals surface area (Å²) < 4.78 is 5.23. The van der Waals surface area contributed by atoms with Crippen LogP contribution in [0.15, 0.2) is 24.3 Å². The van der Waals surface area contributed by atoms with E-state index in [2.05, 4.69) is 36.2 Å². The van der Waals surface area contributed by atoms with Gasteiger partial charge in [-0.05, 0) is 48.8 Å². The fraction of sp³-hybridized carbons (Fsp3) is 0.429. The number of carbonyl (C=O) groups is 2. The minimum absolute atomic E-state index is 0.106. The van der Waals surface area contributed by atoms with Crippen molar-refractivity contribution in [1.29, 1.82) is 0 Å². The van der Waals surface area contributed by atoms with E-state index in [1.54, 1.807) is 0 Å². The molecule has 0 saturated carbocycles. The summed E-state index contributed by atoms with van der Waals surface area (Å²) in [6, 6.07) is 8.49. The Morgan fingerprint density at radius 3 is 2.56 bits per heavy atom. The summed E-state index contributed by atoms with van der Waals surface area (Å²) in [4.78, 5) is 28.1. The molecule has 0 bridgehead atoms. The Hall–Kier alpha value is -2.36. The van der Waals surface area contributed by atoms with Crippen LogP contribution in [0, 0.1) is 6.92 Å². The highest BCUT2D eigenvalue weighted by Gasteiger charge is 2.32. The fourth-order valence-electron chi connectivity index (χ4n) is 3.57. The van der Waals surface area contributed by atoms with E-state index < -0.39 is 0 Å². The van der Waals surface area contributed by atoms with Crippen LogP contribution in [0.3, 0.4) is 0 Å². The molecule has 0 unspecified atom stereocenters. The molecule has 1 atom stereocenters. The van der Waals surface area contributed by atoms with Crippen molar-refractivity contribution in [3.05, 3.63) is 57.9 Å². The molecule has 0 saturated heterocycles. The van der Waals surface area contributed by atoms with Gasteiger partial charge < -0.3 is 9.72 Å². The van der Waals surface area contributed by atoms with E-state index in [9.17, 15) is 9.59 Å². The van der Waals surface area contributed by atoms with Crippen molar-refractivity contribution < 1.29 is 14.3 Å². The third-order valence-corrected chi connectivity index (χ3v) is 4.99. The molecule has 4 heteroatoms. The minimum atomic E-state index is -0.370. The predicted octanol–water partition coefficient (Wildman–Crippen LogP) is 4.37. The van der Waals surface area contributed by atoms with Gasteiger partial charge >= 0.3 is 5.97 Å². The molecule has 1 N–H and O–H groups in total. The maximum Gasteiger partial charge on any atom is 0.355 e. The van der Waals surface area contributed by atoms with Crippen LogP contribution in [-0.4, -0.2) is 23.3 Å². The molecule has 1 heterocycles. The molecular weight excluding hydrogens is 314 g/mol. The number of Topliss-reactive ketones (excluding diaryl/α,β-unsaturated/α-hetero) is 1. The third kappa shape index (κ3) is 3.39. The molecule has 1 aromatic carbocycles. The number of hydrogen-bond donors (Lipinski definition) is 1.